The average Bonchev–Trinajstić information content (AvgIpc) is 2.86. The Hall–Kier alpha value is -2.14. The number of nitrogens with zero attached hydrogens (tertiary/aromatic N) is 4. The number of halogens is 1. The first-order valence-corrected chi connectivity index (χ1v) is 5.67. The first kappa shape index (κ1) is 11.0. The number of pyridine rings is 1. The molecule has 3 rings (SSSR count). The van der Waals surface area contributed by atoms with E-state index >= 15 is 0 Å². The Morgan fingerprint density at radius 2 is 2.06 bits per heavy atom. The van der Waals surface area contributed by atoms with Crippen molar-refractivity contribution in [3.05, 3.63) is 41.9 Å². The van der Waals surface area contributed by atoms with Crippen molar-refractivity contribution in [2.45, 2.75) is 0 Å². The highest BCUT2D eigenvalue weighted by Gasteiger charge is 2.10. The van der Waals surface area contributed by atoms with Crippen LogP contribution in [0.25, 0.3) is 16.9 Å². The molecule has 18 heavy (non-hydrogen) atoms. The predicted octanol–water partition coefficient (Wildman–Crippen LogP) is 2.45. The van der Waals surface area contributed by atoms with Crippen LogP contribution in [-0.4, -0.2) is 26.7 Å². The van der Waals surface area contributed by atoms with Gasteiger partial charge in [0, 0.05) is 6.20 Å². The van der Waals surface area contributed by atoms with Crippen LogP contribution in [0.4, 0.5) is 0 Å². The zero-order valence-electron chi connectivity index (χ0n) is 9.54. The topological polar surface area (TPSA) is 52.3 Å². The van der Waals surface area contributed by atoms with E-state index in [1.165, 1.54) is 0 Å². The number of methoxy groups -OCH3 is 1. The Balaban J connectivity index is 2.27. The highest BCUT2D eigenvalue weighted by Crippen LogP contribution is 2.25. The van der Waals surface area contributed by atoms with Crippen LogP contribution in [0, 0.1) is 0 Å². The average molecular weight is 261 g/mol. The van der Waals surface area contributed by atoms with Crippen molar-refractivity contribution in [2.75, 3.05) is 7.11 Å². The van der Waals surface area contributed by atoms with Crippen LogP contribution in [0.15, 0.2) is 36.7 Å². The highest BCUT2D eigenvalue weighted by molar-refractivity contribution is 6.28. The van der Waals surface area contributed by atoms with Gasteiger partial charge in [-0.2, -0.15) is 5.10 Å². The summed E-state index contributed by atoms with van der Waals surface area (Å²) in [4.78, 5) is 8.05. The fourth-order valence-corrected chi connectivity index (χ4v) is 1.98. The molecule has 6 heteroatoms. The molecule has 0 saturated carbocycles. The lowest BCUT2D eigenvalue weighted by molar-refractivity contribution is 0.417. The summed E-state index contributed by atoms with van der Waals surface area (Å²) >= 11 is 5.80. The summed E-state index contributed by atoms with van der Waals surface area (Å²) in [6, 6.07) is 7.43. The molecule has 0 bridgehead atoms. The number of rotatable bonds is 2. The molecule has 0 saturated heterocycles. The van der Waals surface area contributed by atoms with Crippen LogP contribution < -0.4 is 4.74 Å². The second-order valence-corrected chi connectivity index (χ2v) is 3.96. The maximum atomic E-state index is 5.80. The van der Waals surface area contributed by atoms with Gasteiger partial charge in [0.05, 0.1) is 24.7 Å². The number of hydrogen-bond donors (Lipinski definition) is 0. The monoisotopic (exact) mass is 260 g/mol. The molecule has 3 aromatic heterocycles. The number of aromatic nitrogens is 4. The van der Waals surface area contributed by atoms with Crippen molar-refractivity contribution >= 4 is 17.1 Å². The summed E-state index contributed by atoms with van der Waals surface area (Å²) in [7, 11) is 1.63. The van der Waals surface area contributed by atoms with Crippen LogP contribution in [0.3, 0.4) is 0 Å². The lowest BCUT2D eigenvalue weighted by atomic mass is 10.2. The van der Waals surface area contributed by atoms with E-state index in [2.05, 4.69) is 15.1 Å². The van der Waals surface area contributed by atoms with Crippen molar-refractivity contribution in [2.24, 2.45) is 0 Å². The Morgan fingerprint density at radius 1 is 1.17 bits per heavy atom. The lowest BCUT2D eigenvalue weighted by Gasteiger charge is -2.07. The largest absolute Gasteiger partial charge is 0.494 e. The normalized spacial score (nSPS) is 10.8. The Labute approximate surface area is 108 Å². The number of hydrogen-bond acceptors (Lipinski definition) is 4. The van der Waals surface area contributed by atoms with Gasteiger partial charge in [0.2, 0.25) is 5.28 Å². The van der Waals surface area contributed by atoms with Gasteiger partial charge in [-0.05, 0) is 35.9 Å². The third-order valence-corrected chi connectivity index (χ3v) is 2.81. The van der Waals surface area contributed by atoms with Gasteiger partial charge in [0.25, 0.3) is 0 Å². The van der Waals surface area contributed by atoms with Crippen LogP contribution in [-0.2, 0) is 0 Å². The van der Waals surface area contributed by atoms with Gasteiger partial charge in [-0.1, -0.05) is 0 Å². The van der Waals surface area contributed by atoms with Crippen molar-refractivity contribution in [3.63, 3.8) is 0 Å². The van der Waals surface area contributed by atoms with E-state index in [9.17, 15) is 0 Å². The standard InChI is InChI=1S/C12H9ClN4O/c1-18-11-3-2-9(17-10(11)5-7-15-17)8-4-6-14-12(13)16-8/h2-7H,1H3. The SMILES string of the molecule is COc1ccc(-c2ccnc(Cl)n2)n2nccc12. The van der Waals surface area contributed by atoms with E-state index in [1.54, 1.807) is 30.1 Å². The molecule has 0 fully saturated rings. The quantitative estimate of drug-likeness (QED) is 0.664. The molecule has 0 N–H and O–H groups in total. The molecule has 0 aromatic carbocycles. The van der Waals surface area contributed by atoms with E-state index < -0.39 is 0 Å². The summed E-state index contributed by atoms with van der Waals surface area (Å²) in [6.45, 7) is 0. The summed E-state index contributed by atoms with van der Waals surface area (Å²) in [6.07, 6.45) is 3.33. The zero-order chi connectivity index (χ0) is 12.5. The molecular formula is C12H9ClN4O. The molecule has 0 aliphatic heterocycles. The predicted molar refractivity (Wildman–Crippen MR) is 67.8 cm³/mol. The summed E-state index contributed by atoms with van der Waals surface area (Å²) in [5.41, 5.74) is 2.43. The smallest absolute Gasteiger partial charge is 0.222 e. The molecular weight excluding hydrogens is 252 g/mol. The molecule has 0 spiro atoms. The van der Waals surface area contributed by atoms with Gasteiger partial charge in [0.1, 0.15) is 11.3 Å². The van der Waals surface area contributed by atoms with E-state index in [1.807, 2.05) is 18.2 Å². The van der Waals surface area contributed by atoms with Crippen LogP contribution in [0.2, 0.25) is 5.28 Å². The first-order chi connectivity index (χ1) is 8.79. The van der Waals surface area contributed by atoms with Gasteiger partial charge >= 0.3 is 0 Å². The summed E-state index contributed by atoms with van der Waals surface area (Å²) in [5.74, 6) is 0.761. The van der Waals surface area contributed by atoms with E-state index in [4.69, 9.17) is 16.3 Å². The molecule has 3 aromatic rings. The van der Waals surface area contributed by atoms with Crippen molar-refractivity contribution in [1.29, 1.82) is 0 Å². The summed E-state index contributed by atoms with van der Waals surface area (Å²) < 4.78 is 7.04. The molecule has 0 atom stereocenters. The molecule has 0 amide bonds. The van der Waals surface area contributed by atoms with Crippen molar-refractivity contribution in [1.82, 2.24) is 19.6 Å². The van der Waals surface area contributed by atoms with Crippen LogP contribution in [0.1, 0.15) is 0 Å². The van der Waals surface area contributed by atoms with Gasteiger partial charge < -0.3 is 4.74 Å². The third kappa shape index (κ3) is 1.69. The van der Waals surface area contributed by atoms with Gasteiger partial charge in [-0.15, -0.1) is 0 Å². The molecule has 0 aliphatic rings. The molecule has 0 aliphatic carbocycles. The minimum atomic E-state index is 0.212. The van der Waals surface area contributed by atoms with Crippen molar-refractivity contribution in [3.8, 4) is 17.1 Å². The van der Waals surface area contributed by atoms with E-state index in [0.29, 0.717) is 5.69 Å². The van der Waals surface area contributed by atoms with Gasteiger partial charge in [-0.3, -0.25) is 0 Å². The fraction of sp³-hybridized carbons (Fsp3) is 0.0833. The molecule has 90 valence electrons. The number of fused-ring (bicyclic) bond motifs is 1. The Morgan fingerprint density at radius 3 is 2.83 bits per heavy atom. The first-order valence-electron chi connectivity index (χ1n) is 5.29. The Bertz CT molecular complexity index is 710. The third-order valence-electron chi connectivity index (χ3n) is 2.62. The number of ether oxygens (including phenoxy) is 1. The van der Waals surface area contributed by atoms with E-state index in [-0.39, 0.29) is 5.28 Å². The minimum Gasteiger partial charge on any atom is -0.494 e. The zero-order valence-corrected chi connectivity index (χ0v) is 10.3. The fourth-order valence-electron chi connectivity index (χ4n) is 1.84. The van der Waals surface area contributed by atoms with Crippen LogP contribution in [0.5, 0.6) is 5.75 Å². The minimum absolute atomic E-state index is 0.212. The lowest BCUT2D eigenvalue weighted by Crippen LogP contribution is -1.98. The van der Waals surface area contributed by atoms with E-state index in [0.717, 1.165) is 17.0 Å². The molecule has 0 unspecified atom stereocenters. The second-order valence-electron chi connectivity index (χ2n) is 3.63. The summed E-state index contributed by atoms with van der Waals surface area (Å²) in [5, 5.41) is 4.48. The second kappa shape index (κ2) is 4.27. The molecule has 3 heterocycles. The molecule has 5 nitrogen and oxygen atoms in total. The Kier molecular flexibility index (Phi) is 2.60. The highest BCUT2D eigenvalue weighted by atomic mass is 35.5. The van der Waals surface area contributed by atoms with Crippen LogP contribution >= 0.6 is 11.6 Å². The van der Waals surface area contributed by atoms with Gasteiger partial charge in [-0.25, -0.2) is 14.5 Å². The molecule has 0 radical (unpaired) electrons. The maximum absolute atomic E-state index is 5.80. The van der Waals surface area contributed by atoms with Gasteiger partial charge in [0.15, 0.2) is 0 Å². The maximum Gasteiger partial charge on any atom is 0.222 e. The van der Waals surface area contributed by atoms with Crippen molar-refractivity contribution < 1.29 is 4.74 Å².